The summed E-state index contributed by atoms with van der Waals surface area (Å²) in [6.07, 6.45) is 2.16. The minimum absolute atomic E-state index is 0.737. The highest BCUT2D eigenvalue weighted by Crippen LogP contribution is 2.26. The van der Waals surface area contributed by atoms with Gasteiger partial charge >= 0.3 is 0 Å². The van der Waals surface area contributed by atoms with Crippen molar-refractivity contribution in [2.45, 2.75) is 6.92 Å². The van der Waals surface area contributed by atoms with Gasteiger partial charge in [-0.3, -0.25) is 0 Å². The molecule has 0 atom stereocenters. The Kier molecular flexibility index (Phi) is 7.01. The standard InChI is InChI=1S/C14H20BrNO2/c1-11(10-16-6-7-17-2)8-12-4-5-14(18-3)13(15)9-12/h4-5,8-9,16H,6-7,10H2,1-3H3. The van der Waals surface area contributed by atoms with Crippen LogP contribution in [0.5, 0.6) is 5.75 Å². The van der Waals surface area contributed by atoms with E-state index in [9.17, 15) is 0 Å². The van der Waals surface area contributed by atoms with Gasteiger partial charge in [0.25, 0.3) is 0 Å². The Labute approximate surface area is 117 Å². The Morgan fingerprint density at radius 3 is 2.78 bits per heavy atom. The molecule has 4 heteroatoms. The molecule has 0 saturated carbocycles. The third-order valence-electron chi connectivity index (χ3n) is 2.48. The van der Waals surface area contributed by atoms with Crippen molar-refractivity contribution in [1.29, 1.82) is 0 Å². The van der Waals surface area contributed by atoms with Crippen LogP contribution in [0.15, 0.2) is 28.2 Å². The number of benzene rings is 1. The second kappa shape index (κ2) is 8.29. The summed E-state index contributed by atoms with van der Waals surface area (Å²) in [4.78, 5) is 0. The number of methoxy groups -OCH3 is 2. The summed E-state index contributed by atoms with van der Waals surface area (Å²) < 4.78 is 11.2. The van der Waals surface area contributed by atoms with Crippen molar-refractivity contribution < 1.29 is 9.47 Å². The van der Waals surface area contributed by atoms with Crippen molar-refractivity contribution in [2.24, 2.45) is 0 Å². The molecule has 100 valence electrons. The van der Waals surface area contributed by atoms with E-state index in [1.807, 2.05) is 12.1 Å². The molecule has 0 amide bonds. The first-order chi connectivity index (χ1) is 8.67. The second-order valence-electron chi connectivity index (χ2n) is 4.05. The van der Waals surface area contributed by atoms with Gasteiger partial charge in [0.1, 0.15) is 5.75 Å². The lowest BCUT2D eigenvalue weighted by Crippen LogP contribution is -2.20. The smallest absolute Gasteiger partial charge is 0.133 e. The first-order valence-electron chi connectivity index (χ1n) is 5.87. The number of nitrogens with one attached hydrogen (secondary N) is 1. The van der Waals surface area contributed by atoms with Crippen LogP contribution in [0.2, 0.25) is 0 Å². The fraction of sp³-hybridized carbons (Fsp3) is 0.429. The van der Waals surface area contributed by atoms with Crippen molar-refractivity contribution >= 4 is 22.0 Å². The minimum Gasteiger partial charge on any atom is -0.496 e. The lowest BCUT2D eigenvalue weighted by molar-refractivity contribution is 0.200. The van der Waals surface area contributed by atoms with Crippen molar-refractivity contribution in [1.82, 2.24) is 5.32 Å². The first kappa shape index (κ1) is 15.2. The molecule has 0 unspecified atom stereocenters. The summed E-state index contributed by atoms with van der Waals surface area (Å²) in [7, 11) is 3.37. The first-order valence-corrected chi connectivity index (χ1v) is 6.67. The second-order valence-corrected chi connectivity index (χ2v) is 4.91. The predicted octanol–water partition coefficient (Wildman–Crippen LogP) is 3.10. The average molecular weight is 314 g/mol. The van der Waals surface area contributed by atoms with Crippen LogP contribution in [0.25, 0.3) is 6.08 Å². The van der Waals surface area contributed by atoms with Crippen molar-refractivity contribution in [3.05, 3.63) is 33.8 Å². The van der Waals surface area contributed by atoms with Gasteiger partial charge in [0.15, 0.2) is 0 Å². The molecule has 1 N–H and O–H groups in total. The van der Waals surface area contributed by atoms with Gasteiger partial charge in [-0.25, -0.2) is 0 Å². The zero-order valence-corrected chi connectivity index (χ0v) is 12.7. The lowest BCUT2D eigenvalue weighted by atomic mass is 10.1. The third-order valence-corrected chi connectivity index (χ3v) is 3.10. The summed E-state index contributed by atoms with van der Waals surface area (Å²) in [5, 5.41) is 3.31. The maximum Gasteiger partial charge on any atom is 0.133 e. The van der Waals surface area contributed by atoms with Gasteiger partial charge in [-0.2, -0.15) is 0 Å². The summed E-state index contributed by atoms with van der Waals surface area (Å²) in [6.45, 7) is 4.58. The van der Waals surface area contributed by atoms with Crippen LogP contribution in [0, 0.1) is 0 Å². The molecule has 0 aliphatic heterocycles. The van der Waals surface area contributed by atoms with Crippen LogP contribution in [-0.4, -0.2) is 33.9 Å². The van der Waals surface area contributed by atoms with Crippen LogP contribution in [0.4, 0.5) is 0 Å². The summed E-state index contributed by atoms with van der Waals surface area (Å²) in [5.74, 6) is 0.850. The molecule has 3 nitrogen and oxygen atoms in total. The van der Waals surface area contributed by atoms with E-state index in [4.69, 9.17) is 9.47 Å². The molecule has 0 aliphatic carbocycles. The Hall–Kier alpha value is -0.840. The molecule has 1 rings (SSSR count). The molecular formula is C14H20BrNO2. The van der Waals surface area contributed by atoms with Gasteiger partial charge in [0.05, 0.1) is 18.2 Å². The molecule has 0 aromatic heterocycles. The van der Waals surface area contributed by atoms with E-state index in [0.29, 0.717) is 0 Å². The molecule has 18 heavy (non-hydrogen) atoms. The molecule has 1 aromatic rings. The molecule has 0 heterocycles. The fourth-order valence-corrected chi connectivity index (χ4v) is 2.13. The van der Waals surface area contributed by atoms with Crippen LogP contribution in [0.3, 0.4) is 0 Å². The molecular weight excluding hydrogens is 294 g/mol. The normalized spacial score (nSPS) is 11.7. The molecule has 0 spiro atoms. The van der Waals surface area contributed by atoms with Crippen LogP contribution < -0.4 is 10.1 Å². The van der Waals surface area contributed by atoms with E-state index in [1.165, 1.54) is 5.57 Å². The van der Waals surface area contributed by atoms with Crippen LogP contribution in [0.1, 0.15) is 12.5 Å². The zero-order chi connectivity index (χ0) is 13.4. The molecule has 0 radical (unpaired) electrons. The minimum atomic E-state index is 0.737. The van der Waals surface area contributed by atoms with E-state index >= 15 is 0 Å². The Morgan fingerprint density at radius 1 is 1.39 bits per heavy atom. The number of halogens is 1. The topological polar surface area (TPSA) is 30.5 Å². The lowest BCUT2D eigenvalue weighted by Gasteiger charge is -2.06. The van der Waals surface area contributed by atoms with Gasteiger partial charge in [0.2, 0.25) is 0 Å². The highest BCUT2D eigenvalue weighted by Gasteiger charge is 2.00. The molecule has 0 bridgehead atoms. The highest BCUT2D eigenvalue weighted by molar-refractivity contribution is 9.10. The fourth-order valence-electron chi connectivity index (χ4n) is 1.57. The predicted molar refractivity (Wildman–Crippen MR) is 79.1 cm³/mol. The number of hydrogen-bond acceptors (Lipinski definition) is 3. The Bertz CT molecular complexity index is 405. The summed E-state index contributed by atoms with van der Waals surface area (Å²) in [5.41, 5.74) is 2.44. The van der Waals surface area contributed by atoms with E-state index in [-0.39, 0.29) is 0 Å². The summed E-state index contributed by atoms with van der Waals surface area (Å²) >= 11 is 3.48. The quantitative estimate of drug-likeness (QED) is 0.785. The molecule has 0 saturated heterocycles. The van der Waals surface area contributed by atoms with Gasteiger partial charge in [0, 0.05) is 20.2 Å². The van der Waals surface area contributed by atoms with Crippen molar-refractivity contribution in [3.63, 3.8) is 0 Å². The molecule has 1 aromatic carbocycles. The molecule has 0 fully saturated rings. The van der Waals surface area contributed by atoms with E-state index < -0.39 is 0 Å². The average Bonchev–Trinajstić information content (AvgIpc) is 2.35. The van der Waals surface area contributed by atoms with Gasteiger partial charge in [-0.05, 0) is 40.5 Å². The third kappa shape index (κ3) is 5.21. The van der Waals surface area contributed by atoms with E-state index in [0.717, 1.165) is 35.5 Å². The zero-order valence-electron chi connectivity index (χ0n) is 11.1. The van der Waals surface area contributed by atoms with E-state index in [1.54, 1.807) is 14.2 Å². The largest absolute Gasteiger partial charge is 0.496 e. The summed E-state index contributed by atoms with van der Waals surface area (Å²) in [6, 6.07) is 6.06. The maximum atomic E-state index is 5.20. The van der Waals surface area contributed by atoms with Crippen LogP contribution in [-0.2, 0) is 4.74 Å². The maximum absolute atomic E-state index is 5.20. The van der Waals surface area contributed by atoms with Crippen LogP contribution >= 0.6 is 15.9 Å². The number of hydrogen-bond donors (Lipinski definition) is 1. The number of rotatable bonds is 7. The highest BCUT2D eigenvalue weighted by atomic mass is 79.9. The monoisotopic (exact) mass is 313 g/mol. The van der Waals surface area contributed by atoms with Gasteiger partial charge in [-0.1, -0.05) is 17.7 Å². The van der Waals surface area contributed by atoms with Gasteiger partial charge in [-0.15, -0.1) is 0 Å². The van der Waals surface area contributed by atoms with Crippen molar-refractivity contribution in [2.75, 3.05) is 33.9 Å². The van der Waals surface area contributed by atoms with E-state index in [2.05, 4.69) is 40.3 Å². The number of ether oxygens (including phenoxy) is 2. The van der Waals surface area contributed by atoms with Gasteiger partial charge < -0.3 is 14.8 Å². The SMILES string of the molecule is COCCNCC(C)=Cc1ccc(OC)c(Br)c1. The Balaban J connectivity index is 2.56. The molecule has 0 aliphatic rings. The van der Waals surface area contributed by atoms with Crippen molar-refractivity contribution in [3.8, 4) is 5.75 Å². The Morgan fingerprint density at radius 2 is 2.17 bits per heavy atom.